The van der Waals surface area contributed by atoms with Gasteiger partial charge in [-0.15, -0.1) is 0 Å². The second kappa shape index (κ2) is 14.2. The van der Waals surface area contributed by atoms with Gasteiger partial charge in [-0.05, 0) is 43.4 Å². The van der Waals surface area contributed by atoms with E-state index in [9.17, 15) is 0 Å². The molecule has 0 spiro atoms. The monoisotopic (exact) mass is 338 g/mol. The van der Waals surface area contributed by atoms with E-state index in [0.717, 1.165) is 24.4 Å². The molecule has 144 valence electrons. The van der Waals surface area contributed by atoms with Crippen molar-refractivity contribution in [2.75, 3.05) is 6.61 Å². The van der Waals surface area contributed by atoms with Crippen molar-refractivity contribution in [1.29, 1.82) is 0 Å². The topological polar surface area (TPSA) is 9.23 Å². The third-order valence-corrected chi connectivity index (χ3v) is 6.12. The van der Waals surface area contributed by atoms with Gasteiger partial charge in [-0.1, -0.05) is 91.9 Å². The molecule has 0 bridgehead atoms. The SMILES string of the molecule is CCCCC(CCC)OCC1CCC(CCCC(C)CCC)CC1. The Morgan fingerprint density at radius 2 is 1.42 bits per heavy atom. The summed E-state index contributed by atoms with van der Waals surface area (Å²) in [6.45, 7) is 10.4. The Labute approximate surface area is 153 Å². The van der Waals surface area contributed by atoms with E-state index in [4.69, 9.17) is 4.74 Å². The van der Waals surface area contributed by atoms with Gasteiger partial charge in [0.1, 0.15) is 0 Å². The molecule has 0 heterocycles. The molecule has 1 nitrogen and oxygen atoms in total. The highest BCUT2D eigenvalue weighted by Crippen LogP contribution is 2.33. The summed E-state index contributed by atoms with van der Waals surface area (Å²) < 4.78 is 6.30. The lowest BCUT2D eigenvalue weighted by Crippen LogP contribution is -2.22. The average molecular weight is 339 g/mol. The van der Waals surface area contributed by atoms with Crippen LogP contribution in [-0.2, 0) is 4.74 Å². The minimum Gasteiger partial charge on any atom is -0.378 e. The molecule has 0 radical (unpaired) electrons. The smallest absolute Gasteiger partial charge is 0.0575 e. The molecule has 1 heteroatoms. The van der Waals surface area contributed by atoms with Gasteiger partial charge in [-0.25, -0.2) is 0 Å². The first kappa shape index (κ1) is 22.0. The summed E-state index contributed by atoms with van der Waals surface area (Å²) >= 11 is 0. The summed E-state index contributed by atoms with van der Waals surface area (Å²) in [6, 6.07) is 0. The highest BCUT2D eigenvalue weighted by atomic mass is 16.5. The van der Waals surface area contributed by atoms with Crippen LogP contribution in [0.1, 0.15) is 118 Å². The molecule has 1 fully saturated rings. The van der Waals surface area contributed by atoms with Crippen LogP contribution in [-0.4, -0.2) is 12.7 Å². The van der Waals surface area contributed by atoms with E-state index in [-0.39, 0.29) is 0 Å². The first-order chi connectivity index (χ1) is 11.7. The molecule has 1 rings (SSSR count). The minimum atomic E-state index is 0.535. The third kappa shape index (κ3) is 10.1. The number of rotatable bonds is 14. The molecule has 0 aromatic heterocycles. The Morgan fingerprint density at radius 3 is 2.04 bits per heavy atom. The maximum absolute atomic E-state index is 6.30. The lowest BCUT2D eigenvalue weighted by molar-refractivity contribution is 0.00642. The van der Waals surface area contributed by atoms with Crippen molar-refractivity contribution in [1.82, 2.24) is 0 Å². The van der Waals surface area contributed by atoms with Crippen molar-refractivity contribution >= 4 is 0 Å². The molecule has 1 aliphatic rings. The maximum Gasteiger partial charge on any atom is 0.0575 e. The molecule has 1 aliphatic carbocycles. The summed E-state index contributed by atoms with van der Waals surface area (Å²) in [5.74, 6) is 2.81. The van der Waals surface area contributed by atoms with Crippen LogP contribution in [0.25, 0.3) is 0 Å². The average Bonchev–Trinajstić information content (AvgIpc) is 2.59. The normalized spacial score (nSPS) is 24.0. The number of hydrogen-bond acceptors (Lipinski definition) is 1. The number of unbranched alkanes of at least 4 members (excludes halogenated alkanes) is 1. The first-order valence-corrected chi connectivity index (χ1v) is 11.3. The van der Waals surface area contributed by atoms with E-state index >= 15 is 0 Å². The fourth-order valence-corrected chi connectivity index (χ4v) is 4.42. The summed E-state index contributed by atoms with van der Waals surface area (Å²) in [7, 11) is 0. The van der Waals surface area contributed by atoms with Gasteiger partial charge < -0.3 is 4.74 Å². The van der Waals surface area contributed by atoms with Crippen molar-refractivity contribution < 1.29 is 4.74 Å². The van der Waals surface area contributed by atoms with Crippen LogP contribution < -0.4 is 0 Å². The highest BCUT2D eigenvalue weighted by Gasteiger charge is 2.22. The summed E-state index contributed by atoms with van der Waals surface area (Å²) in [4.78, 5) is 0. The lowest BCUT2D eigenvalue weighted by atomic mass is 9.79. The second-order valence-corrected chi connectivity index (χ2v) is 8.60. The molecule has 0 aliphatic heterocycles. The largest absolute Gasteiger partial charge is 0.378 e. The molecule has 2 atom stereocenters. The van der Waals surface area contributed by atoms with Gasteiger partial charge >= 0.3 is 0 Å². The molecular formula is C23H46O. The predicted molar refractivity (Wildman–Crippen MR) is 108 cm³/mol. The zero-order chi connectivity index (χ0) is 17.6. The highest BCUT2D eigenvalue weighted by molar-refractivity contribution is 4.73. The van der Waals surface area contributed by atoms with Gasteiger partial charge in [-0.3, -0.25) is 0 Å². The first-order valence-electron chi connectivity index (χ1n) is 11.3. The Hall–Kier alpha value is -0.0400. The van der Waals surface area contributed by atoms with Crippen LogP contribution in [0.4, 0.5) is 0 Å². The van der Waals surface area contributed by atoms with Gasteiger partial charge in [0.25, 0.3) is 0 Å². The fourth-order valence-electron chi connectivity index (χ4n) is 4.42. The number of hydrogen-bond donors (Lipinski definition) is 0. The minimum absolute atomic E-state index is 0.535. The summed E-state index contributed by atoms with van der Waals surface area (Å²) in [5.41, 5.74) is 0. The van der Waals surface area contributed by atoms with Crippen LogP contribution in [0.2, 0.25) is 0 Å². The van der Waals surface area contributed by atoms with E-state index in [2.05, 4.69) is 27.7 Å². The van der Waals surface area contributed by atoms with Crippen molar-refractivity contribution in [2.24, 2.45) is 17.8 Å². The molecule has 1 saturated carbocycles. The van der Waals surface area contributed by atoms with Crippen LogP contribution in [0.15, 0.2) is 0 Å². The van der Waals surface area contributed by atoms with Gasteiger partial charge in [0.2, 0.25) is 0 Å². The van der Waals surface area contributed by atoms with Gasteiger partial charge in [-0.2, -0.15) is 0 Å². The quantitative estimate of drug-likeness (QED) is 0.314. The van der Waals surface area contributed by atoms with E-state index < -0.39 is 0 Å². The lowest BCUT2D eigenvalue weighted by Gasteiger charge is -2.30. The Kier molecular flexibility index (Phi) is 13.0. The molecule has 0 saturated heterocycles. The summed E-state index contributed by atoms with van der Waals surface area (Å²) in [6.07, 6.45) is 19.9. The van der Waals surface area contributed by atoms with Crippen molar-refractivity contribution in [3.05, 3.63) is 0 Å². The van der Waals surface area contributed by atoms with Crippen LogP contribution >= 0.6 is 0 Å². The third-order valence-electron chi connectivity index (χ3n) is 6.12. The molecule has 0 aromatic carbocycles. The molecule has 0 amide bonds. The van der Waals surface area contributed by atoms with Gasteiger partial charge in [0.05, 0.1) is 6.10 Å². The van der Waals surface area contributed by atoms with Crippen LogP contribution in [0, 0.1) is 17.8 Å². The van der Waals surface area contributed by atoms with Crippen molar-refractivity contribution in [2.45, 2.75) is 124 Å². The molecule has 24 heavy (non-hydrogen) atoms. The standard InChI is InChI=1S/C23H46O/c1-5-8-14-23(11-7-3)24-19-22-17-15-21(16-18-22)13-9-12-20(4)10-6-2/h20-23H,5-19H2,1-4H3. The zero-order valence-corrected chi connectivity index (χ0v) is 17.3. The van der Waals surface area contributed by atoms with E-state index in [1.54, 1.807) is 0 Å². The Balaban J connectivity index is 2.11. The van der Waals surface area contributed by atoms with Crippen LogP contribution in [0.5, 0.6) is 0 Å². The van der Waals surface area contributed by atoms with E-state index in [0.29, 0.717) is 6.10 Å². The van der Waals surface area contributed by atoms with E-state index in [1.165, 1.54) is 89.9 Å². The van der Waals surface area contributed by atoms with Crippen molar-refractivity contribution in [3.8, 4) is 0 Å². The van der Waals surface area contributed by atoms with Crippen molar-refractivity contribution in [3.63, 3.8) is 0 Å². The Bertz CT molecular complexity index is 267. The molecular weight excluding hydrogens is 292 g/mol. The van der Waals surface area contributed by atoms with Gasteiger partial charge in [0, 0.05) is 6.61 Å². The molecule has 2 unspecified atom stereocenters. The van der Waals surface area contributed by atoms with E-state index in [1.807, 2.05) is 0 Å². The van der Waals surface area contributed by atoms with Gasteiger partial charge in [0.15, 0.2) is 0 Å². The maximum atomic E-state index is 6.30. The van der Waals surface area contributed by atoms with Crippen LogP contribution in [0.3, 0.4) is 0 Å². The molecule has 0 N–H and O–H groups in total. The number of ether oxygens (including phenoxy) is 1. The second-order valence-electron chi connectivity index (χ2n) is 8.60. The predicted octanol–water partition coefficient (Wildman–Crippen LogP) is 7.77. The zero-order valence-electron chi connectivity index (χ0n) is 17.3. The fraction of sp³-hybridized carbons (Fsp3) is 1.00. The Morgan fingerprint density at radius 1 is 0.750 bits per heavy atom. The summed E-state index contributed by atoms with van der Waals surface area (Å²) in [5, 5.41) is 0. The molecule has 0 aromatic rings.